The maximum absolute atomic E-state index is 14.6. The van der Waals surface area contributed by atoms with Crippen LogP contribution < -0.4 is 10.6 Å². The first-order chi connectivity index (χ1) is 36.2. The summed E-state index contributed by atoms with van der Waals surface area (Å²) in [6.07, 6.45) is 12.2. The smallest absolute Gasteiger partial charge is 0.379 e. The van der Waals surface area contributed by atoms with Gasteiger partial charge >= 0.3 is 7.82 Å². The second-order valence-electron chi connectivity index (χ2n) is 28.5. The molecule has 6 aliphatic rings. The average molecular weight is 1120 g/mol. The van der Waals surface area contributed by atoms with Crippen LogP contribution in [0.1, 0.15) is 186 Å². The van der Waals surface area contributed by atoms with E-state index in [1.165, 1.54) is 12.0 Å². The van der Waals surface area contributed by atoms with Gasteiger partial charge in [-0.2, -0.15) is 0 Å². The fourth-order valence-corrected chi connectivity index (χ4v) is 19.8. The second kappa shape index (κ2) is 24.8. The predicted molar refractivity (Wildman–Crippen MR) is 309 cm³/mol. The molecule has 0 aromatic heterocycles. The standard InChI is InChI=1S/C62H110N5O10P/c1-20-40(8)53(66(17)57(71)51(38(4)5)64-56(70)52(39(6)7)65(15)16)45(75-18)36-49(68)67-35-21-22-44(67)54(76-19)41(9)55(69)63-34-33-62-30-25-42(37(2)3)50(62)43-23-24-47-59(12)28-27-48(77-78(72,73)74)58(10,11)46(59)26-29-61(47,14)60(43,13)31-32-62/h38-48,50-54H,2,20-36H2,1,3-19H3,(H,63,69)(H,64,70)(H2,72,73,74)/t40-,41+,42-,43?,44?,45+,46?,47?,48-,50?,51?,52-,53-,54+,59-,60+,61+,62+/m0/s1. The molecule has 16 heteroatoms. The largest absolute Gasteiger partial charge is 0.469 e. The number of nitrogens with one attached hydrogen (secondary N) is 2. The summed E-state index contributed by atoms with van der Waals surface area (Å²) in [4.78, 5) is 82.4. The molecule has 0 aromatic carbocycles. The molecule has 15 nitrogen and oxygen atoms in total. The summed E-state index contributed by atoms with van der Waals surface area (Å²) < 4.78 is 30.0. The van der Waals surface area contributed by atoms with Crippen LogP contribution >= 0.6 is 7.82 Å². The van der Waals surface area contributed by atoms with E-state index >= 15 is 0 Å². The van der Waals surface area contributed by atoms with Gasteiger partial charge in [-0.05, 0) is 179 Å². The molecule has 1 heterocycles. The number of phosphoric ester groups is 1. The van der Waals surface area contributed by atoms with Crippen LogP contribution in [0, 0.1) is 80.3 Å². The Bertz CT molecular complexity index is 2180. The Labute approximate surface area is 472 Å². The predicted octanol–water partition coefficient (Wildman–Crippen LogP) is 10.3. The molecule has 6 fully saturated rings. The lowest BCUT2D eigenvalue weighted by Crippen LogP contribution is -2.66. The van der Waals surface area contributed by atoms with Gasteiger partial charge in [-0.25, -0.2) is 4.57 Å². The first kappa shape index (κ1) is 64.8. The van der Waals surface area contributed by atoms with Crippen molar-refractivity contribution in [1.82, 2.24) is 25.3 Å². The van der Waals surface area contributed by atoms with Crippen molar-refractivity contribution in [2.24, 2.45) is 80.3 Å². The quantitative estimate of drug-likeness (QED) is 0.0563. The van der Waals surface area contributed by atoms with Crippen molar-refractivity contribution in [3.8, 4) is 0 Å². The van der Waals surface area contributed by atoms with Crippen molar-refractivity contribution in [2.45, 2.75) is 229 Å². The van der Waals surface area contributed by atoms with Crippen molar-refractivity contribution >= 4 is 31.5 Å². The highest BCUT2D eigenvalue weighted by molar-refractivity contribution is 7.46. The van der Waals surface area contributed by atoms with E-state index in [0.29, 0.717) is 55.5 Å². The van der Waals surface area contributed by atoms with Gasteiger partial charge in [0.05, 0.1) is 48.8 Å². The van der Waals surface area contributed by atoms with Crippen molar-refractivity contribution in [3.63, 3.8) is 0 Å². The van der Waals surface area contributed by atoms with Crippen molar-refractivity contribution in [3.05, 3.63) is 12.2 Å². The fraction of sp³-hybridized carbons (Fsp3) is 0.903. The number of hydrogen-bond acceptors (Lipinski definition) is 9. The molecule has 0 aromatic rings. The highest BCUT2D eigenvalue weighted by atomic mass is 31.2. The van der Waals surface area contributed by atoms with Crippen LogP contribution in [0.3, 0.4) is 0 Å². The topological polar surface area (TPSA) is 187 Å². The normalized spacial score (nSPS) is 35.3. The van der Waals surface area contributed by atoms with Gasteiger partial charge in [0.1, 0.15) is 6.04 Å². The first-order valence-corrected chi connectivity index (χ1v) is 32.0. The Morgan fingerprint density at radius 1 is 0.808 bits per heavy atom. The Morgan fingerprint density at radius 3 is 2.04 bits per heavy atom. The molecular formula is C62H110N5O10P. The van der Waals surface area contributed by atoms with E-state index in [0.717, 1.165) is 70.6 Å². The van der Waals surface area contributed by atoms with Crippen LogP contribution in [0.25, 0.3) is 0 Å². The Morgan fingerprint density at radius 2 is 1.47 bits per heavy atom. The summed E-state index contributed by atoms with van der Waals surface area (Å²) in [7, 11) is 4.14. The van der Waals surface area contributed by atoms with Crippen LogP contribution in [-0.2, 0) is 37.7 Å². The van der Waals surface area contributed by atoms with Crippen molar-refractivity contribution in [2.75, 3.05) is 48.5 Å². The van der Waals surface area contributed by atoms with Gasteiger partial charge in [-0.1, -0.05) is 102 Å². The maximum atomic E-state index is 14.6. The lowest BCUT2D eigenvalue weighted by molar-refractivity contribution is -0.246. The van der Waals surface area contributed by atoms with Crippen LogP contribution in [0.5, 0.6) is 0 Å². The minimum absolute atomic E-state index is 0.0201. The number of methoxy groups -OCH3 is 2. The summed E-state index contributed by atoms with van der Waals surface area (Å²) in [6, 6.07) is -1.91. The van der Waals surface area contributed by atoms with Crippen molar-refractivity contribution in [1.29, 1.82) is 0 Å². The molecule has 0 spiro atoms. The number of ether oxygens (including phenoxy) is 2. The molecule has 4 amide bonds. The fourth-order valence-electron chi connectivity index (χ4n) is 19.0. The van der Waals surface area contributed by atoms with Gasteiger partial charge in [-0.15, -0.1) is 0 Å². The average Bonchev–Trinajstić information content (AvgIpc) is 4.06. The van der Waals surface area contributed by atoms with E-state index in [4.69, 9.17) is 14.0 Å². The number of fused-ring (bicyclic) bond motifs is 7. The van der Waals surface area contributed by atoms with E-state index in [9.17, 15) is 33.5 Å². The highest BCUT2D eigenvalue weighted by Gasteiger charge is 2.71. The summed E-state index contributed by atoms with van der Waals surface area (Å²) in [5, 5.41) is 6.50. The summed E-state index contributed by atoms with van der Waals surface area (Å²) in [6.45, 7) is 34.1. The molecule has 1 saturated heterocycles. The van der Waals surface area contributed by atoms with Gasteiger partial charge in [-0.3, -0.25) is 28.6 Å². The minimum atomic E-state index is -4.62. The number of likely N-dealkylation sites (N-methyl/N-ethyl adjacent to an activating group) is 2. The maximum Gasteiger partial charge on any atom is 0.469 e. The summed E-state index contributed by atoms with van der Waals surface area (Å²) in [5.41, 5.74) is 1.31. The third kappa shape index (κ3) is 12.2. The van der Waals surface area contributed by atoms with E-state index in [2.05, 4.69) is 72.6 Å². The Hall–Kier alpha value is -2.39. The number of likely N-dealkylation sites (tertiary alicyclic amines) is 1. The molecule has 6 unspecified atom stereocenters. The lowest BCUT2D eigenvalue weighted by Gasteiger charge is -2.73. The zero-order valence-corrected chi connectivity index (χ0v) is 52.8. The number of amides is 4. The lowest BCUT2D eigenvalue weighted by atomic mass is 9.32. The Balaban J connectivity index is 1.13. The zero-order valence-electron chi connectivity index (χ0n) is 51.9. The molecule has 5 saturated carbocycles. The number of phosphoric acid groups is 1. The van der Waals surface area contributed by atoms with E-state index in [-0.39, 0.29) is 80.9 Å². The molecule has 78 heavy (non-hydrogen) atoms. The zero-order chi connectivity index (χ0) is 58.4. The van der Waals surface area contributed by atoms with Crippen LogP contribution in [0.15, 0.2) is 12.2 Å². The van der Waals surface area contributed by atoms with Crippen molar-refractivity contribution < 1.29 is 47.5 Å². The van der Waals surface area contributed by atoms with E-state index in [1.54, 1.807) is 26.2 Å². The molecule has 1 aliphatic heterocycles. The molecule has 5 aliphatic carbocycles. The first-order valence-electron chi connectivity index (χ1n) is 30.5. The second-order valence-corrected chi connectivity index (χ2v) is 29.7. The molecule has 0 bridgehead atoms. The molecule has 448 valence electrons. The molecule has 0 radical (unpaired) electrons. The highest BCUT2D eigenvalue weighted by Crippen LogP contribution is 2.78. The van der Waals surface area contributed by atoms with Gasteiger partial charge in [0, 0.05) is 34.4 Å². The number of allylic oxidation sites excluding steroid dienone is 1. The van der Waals surface area contributed by atoms with E-state index in [1.807, 2.05) is 58.5 Å². The number of hydrogen-bond donors (Lipinski definition) is 4. The number of rotatable bonds is 23. The molecule has 4 N–H and O–H groups in total. The number of carbonyl (C=O) groups excluding carboxylic acids is 4. The van der Waals surface area contributed by atoms with Crippen LogP contribution in [0.2, 0.25) is 0 Å². The van der Waals surface area contributed by atoms with E-state index < -0.39 is 50.2 Å². The molecular weight excluding hydrogens is 1010 g/mol. The monoisotopic (exact) mass is 1120 g/mol. The van der Waals surface area contributed by atoms with Crippen LogP contribution in [-0.4, -0.2) is 139 Å². The molecule has 6 rings (SSSR count). The third-order valence-electron chi connectivity index (χ3n) is 23.3. The number of carbonyl (C=O) groups is 4. The number of nitrogens with zero attached hydrogens (tertiary/aromatic N) is 3. The summed E-state index contributed by atoms with van der Waals surface area (Å²) >= 11 is 0. The van der Waals surface area contributed by atoms with Gasteiger partial charge in [0.2, 0.25) is 23.6 Å². The van der Waals surface area contributed by atoms with Gasteiger partial charge in [0.15, 0.2) is 0 Å². The SMILES string of the molecule is C=C(C)[C@@H]1CC[C@]2(CCNC(=O)[C@H](C)[C@@H](OC)C3CCCN3C(=O)C[C@@H](OC)[C@H]([C@@H](C)CC)N(C)C(=O)C(NC(=O)[C@H](C(C)C)N(C)C)C(C)C)CC[C@]3(C)C(CCC4[C@@]5(C)CC[C@H](OP(=O)(O)O)C(C)(C)C5CC[C@]43C)C12. The molecule has 18 atom stereocenters. The van der Waals surface area contributed by atoms with Crippen LogP contribution in [0.4, 0.5) is 0 Å². The van der Waals surface area contributed by atoms with Gasteiger partial charge in [0.25, 0.3) is 0 Å². The summed E-state index contributed by atoms with van der Waals surface area (Å²) in [5.74, 6) is 1.04. The Kier molecular flexibility index (Phi) is 20.6. The van der Waals surface area contributed by atoms with Gasteiger partial charge < -0.3 is 39.7 Å². The minimum Gasteiger partial charge on any atom is -0.379 e. The third-order valence-corrected chi connectivity index (χ3v) is 23.8.